The van der Waals surface area contributed by atoms with E-state index < -0.39 is 10.2 Å². The molecule has 5 nitrogen and oxygen atoms in total. The van der Waals surface area contributed by atoms with Crippen molar-refractivity contribution in [1.82, 2.24) is 4.31 Å². The fraction of sp³-hybridized carbons (Fsp3) is 0.538. The van der Waals surface area contributed by atoms with Gasteiger partial charge >= 0.3 is 10.2 Å². The summed E-state index contributed by atoms with van der Waals surface area (Å²) >= 11 is 5.90. The predicted octanol–water partition coefficient (Wildman–Crippen LogP) is 2.89. The normalized spacial score (nSPS) is 17.7. The first kappa shape index (κ1) is 15.4. The summed E-state index contributed by atoms with van der Waals surface area (Å²) in [6.45, 7) is 2.69. The van der Waals surface area contributed by atoms with Crippen LogP contribution in [0.5, 0.6) is 5.75 Å². The van der Waals surface area contributed by atoms with Gasteiger partial charge < -0.3 is 5.11 Å². The Labute approximate surface area is 124 Å². The number of anilines is 1. The number of phenols is 1. The van der Waals surface area contributed by atoms with Gasteiger partial charge in [-0.05, 0) is 37.5 Å². The van der Waals surface area contributed by atoms with Crippen LogP contribution in [-0.4, -0.2) is 30.9 Å². The number of phenolic OH excluding ortho intramolecular Hbond substituents is 1. The van der Waals surface area contributed by atoms with E-state index >= 15 is 0 Å². The number of nitrogens with one attached hydrogen (secondary N) is 1. The van der Waals surface area contributed by atoms with Crippen molar-refractivity contribution >= 4 is 27.5 Å². The summed E-state index contributed by atoms with van der Waals surface area (Å²) in [4.78, 5) is 0. The maximum Gasteiger partial charge on any atom is 0.301 e. The molecule has 0 aromatic heterocycles. The first-order valence-corrected chi connectivity index (χ1v) is 8.49. The molecule has 0 saturated carbocycles. The number of nitrogens with zero attached hydrogens (tertiary/aromatic N) is 1. The van der Waals surface area contributed by atoms with Gasteiger partial charge in [0, 0.05) is 18.1 Å². The second kappa shape index (κ2) is 6.20. The van der Waals surface area contributed by atoms with Crippen molar-refractivity contribution in [3.63, 3.8) is 0 Å². The van der Waals surface area contributed by atoms with Crippen molar-refractivity contribution < 1.29 is 13.5 Å². The Balaban J connectivity index is 2.23. The Morgan fingerprint density at radius 2 is 1.80 bits per heavy atom. The first-order chi connectivity index (χ1) is 9.40. The van der Waals surface area contributed by atoms with Gasteiger partial charge in [-0.25, -0.2) is 0 Å². The van der Waals surface area contributed by atoms with Crippen LogP contribution >= 0.6 is 11.6 Å². The molecule has 1 fully saturated rings. The second-order valence-electron chi connectivity index (χ2n) is 5.04. The van der Waals surface area contributed by atoms with Gasteiger partial charge in [0.05, 0.1) is 5.69 Å². The van der Waals surface area contributed by atoms with Crippen LogP contribution in [0.1, 0.15) is 31.2 Å². The lowest BCUT2D eigenvalue weighted by atomic mass is 10.2. The van der Waals surface area contributed by atoms with E-state index in [1.165, 1.54) is 10.4 Å². The minimum Gasteiger partial charge on any atom is -0.505 e. The lowest BCUT2D eigenvalue weighted by Gasteiger charge is -2.21. The highest BCUT2D eigenvalue weighted by Gasteiger charge is 2.24. The van der Waals surface area contributed by atoms with E-state index in [1.807, 2.05) is 0 Å². The van der Waals surface area contributed by atoms with Crippen molar-refractivity contribution in [2.24, 2.45) is 0 Å². The SMILES string of the molecule is Cc1cc(Cl)cc(NS(=O)(=O)N2CCCCCC2)c1O. The van der Waals surface area contributed by atoms with Gasteiger partial charge in [0.15, 0.2) is 0 Å². The van der Waals surface area contributed by atoms with Crippen LogP contribution in [0.4, 0.5) is 5.69 Å². The Morgan fingerprint density at radius 1 is 1.20 bits per heavy atom. The highest BCUT2D eigenvalue weighted by atomic mass is 35.5. The number of benzene rings is 1. The zero-order chi connectivity index (χ0) is 14.8. The standard InChI is InChI=1S/C13H19ClN2O3S/c1-10-8-11(14)9-12(13(10)17)15-20(18,19)16-6-4-2-3-5-7-16/h8-9,15,17H,2-7H2,1H3. The smallest absolute Gasteiger partial charge is 0.301 e. The summed E-state index contributed by atoms with van der Waals surface area (Å²) in [5.74, 6) is -0.0900. The molecule has 0 bridgehead atoms. The van der Waals surface area contributed by atoms with Gasteiger partial charge in [-0.2, -0.15) is 12.7 Å². The highest BCUT2D eigenvalue weighted by molar-refractivity contribution is 7.90. The topological polar surface area (TPSA) is 69.6 Å². The molecular weight excluding hydrogens is 300 g/mol. The maximum atomic E-state index is 12.3. The molecule has 1 saturated heterocycles. The summed E-state index contributed by atoms with van der Waals surface area (Å²) in [6, 6.07) is 3.00. The molecule has 20 heavy (non-hydrogen) atoms. The van der Waals surface area contributed by atoms with Crippen LogP contribution in [0.25, 0.3) is 0 Å². The Hall–Kier alpha value is -0.980. The molecule has 0 unspecified atom stereocenters. The van der Waals surface area contributed by atoms with E-state index in [0.29, 0.717) is 23.7 Å². The summed E-state index contributed by atoms with van der Waals surface area (Å²) in [5.41, 5.74) is 0.658. The van der Waals surface area contributed by atoms with E-state index in [1.54, 1.807) is 13.0 Å². The molecule has 1 aliphatic rings. The molecule has 1 heterocycles. The van der Waals surface area contributed by atoms with Crippen LogP contribution in [0.2, 0.25) is 5.02 Å². The van der Waals surface area contributed by atoms with E-state index in [2.05, 4.69) is 4.72 Å². The number of hydrogen-bond acceptors (Lipinski definition) is 3. The number of halogens is 1. The van der Waals surface area contributed by atoms with Gasteiger partial charge in [0.2, 0.25) is 0 Å². The van der Waals surface area contributed by atoms with Crippen molar-refractivity contribution in [2.75, 3.05) is 17.8 Å². The lowest BCUT2D eigenvalue weighted by Crippen LogP contribution is -2.36. The molecule has 0 atom stereocenters. The molecule has 112 valence electrons. The zero-order valence-electron chi connectivity index (χ0n) is 11.4. The van der Waals surface area contributed by atoms with E-state index in [-0.39, 0.29) is 11.4 Å². The summed E-state index contributed by atoms with van der Waals surface area (Å²) < 4.78 is 28.5. The van der Waals surface area contributed by atoms with Crippen molar-refractivity contribution in [3.8, 4) is 5.75 Å². The van der Waals surface area contributed by atoms with Gasteiger partial charge in [-0.3, -0.25) is 4.72 Å². The molecule has 7 heteroatoms. The Morgan fingerprint density at radius 3 is 2.40 bits per heavy atom. The second-order valence-corrected chi connectivity index (χ2v) is 7.15. The molecule has 0 amide bonds. The van der Waals surface area contributed by atoms with Crippen LogP contribution < -0.4 is 4.72 Å². The average molecular weight is 319 g/mol. The quantitative estimate of drug-likeness (QED) is 0.842. The monoisotopic (exact) mass is 318 g/mol. The fourth-order valence-corrected chi connectivity index (χ4v) is 3.87. The highest BCUT2D eigenvalue weighted by Crippen LogP contribution is 2.32. The molecule has 1 aromatic rings. The maximum absolute atomic E-state index is 12.3. The molecule has 0 aliphatic carbocycles. The largest absolute Gasteiger partial charge is 0.505 e. The van der Waals surface area contributed by atoms with Crippen molar-refractivity contribution in [1.29, 1.82) is 0 Å². The molecule has 1 aliphatic heterocycles. The molecule has 0 spiro atoms. The third-order valence-electron chi connectivity index (χ3n) is 3.41. The number of aromatic hydroxyl groups is 1. The minimum absolute atomic E-state index is 0.0900. The predicted molar refractivity (Wildman–Crippen MR) is 80.4 cm³/mol. The van der Waals surface area contributed by atoms with Gasteiger partial charge in [0.25, 0.3) is 0 Å². The number of hydrogen-bond donors (Lipinski definition) is 2. The zero-order valence-corrected chi connectivity index (χ0v) is 13.0. The molecule has 0 radical (unpaired) electrons. The summed E-state index contributed by atoms with van der Waals surface area (Å²) in [5, 5.41) is 10.3. The summed E-state index contributed by atoms with van der Waals surface area (Å²) in [7, 11) is -3.65. The average Bonchev–Trinajstić information content (AvgIpc) is 2.64. The lowest BCUT2D eigenvalue weighted by molar-refractivity contribution is 0.427. The fourth-order valence-electron chi connectivity index (χ4n) is 2.30. The van der Waals surface area contributed by atoms with E-state index in [4.69, 9.17) is 11.6 Å². The van der Waals surface area contributed by atoms with E-state index in [0.717, 1.165) is 25.7 Å². The Kier molecular flexibility index (Phi) is 4.78. The van der Waals surface area contributed by atoms with Crippen LogP contribution in [0, 0.1) is 6.92 Å². The van der Waals surface area contributed by atoms with Crippen molar-refractivity contribution in [2.45, 2.75) is 32.6 Å². The molecule has 2 rings (SSSR count). The van der Waals surface area contributed by atoms with Crippen LogP contribution in [0.15, 0.2) is 12.1 Å². The molecule has 2 N–H and O–H groups in total. The van der Waals surface area contributed by atoms with Crippen LogP contribution in [-0.2, 0) is 10.2 Å². The molecule has 1 aromatic carbocycles. The van der Waals surface area contributed by atoms with Crippen molar-refractivity contribution in [3.05, 3.63) is 22.7 Å². The van der Waals surface area contributed by atoms with Gasteiger partial charge in [-0.1, -0.05) is 24.4 Å². The molecular formula is C13H19ClN2O3S. The number of rotatable bonds is 3. The summed E-state index contributed by atoms with van der Waals surface area (Å²) in [6.07, 6.45) is 3.82. The Bertz CT molecular complexity index is 582. The van der Waals surface area contributed by atoms with Gasteiger partial charge in [-0.15, -0.1) is 0 Å². The minimum atomic E-state index is -3.65. The number of aryl methyl sites for hydroxylation is 1. The first-order valence-electron chi connectivity index (χ1n) is 6.67. The van der Waals surface area contributed by atoms with Gasteiger partial charge in [0.1, 0.15) is 5.75 Å². The third kappa shape index (κ3) is 3.56. The third-order valence-corrected chi connectivity index (χ3v) is 5.15. The van der Waals surface area contributed by atoms with E-state index in [9.17, 15) is 13.5 Å². The van der Waals surface area contributed by atoms with Crippen LogP contribution in [0.3, 0.4) is 0 Å².